The molecule has 4 nitrogen and oxygen atoms in total. The molecule has 2 amide bonds. The maximum Gasteiger partial charge on any atom is 0.290 e. The molecule has 1 N–H and O–H groups in total. The summed E-state index contributed by atoms with van der Waals surface area (Å²) in [6.07, 6.45) is 5.55. The van der Waals surface area contributed by atoms with Crippen LogP contribution < -0.4 is 10.1 Å². The van der Waals surface area contributed by atoms with E-state index in [4.69, 9.17) is 16.3 Å². The number of imide groups is 1. The zero-order chi connectivity index (χ0) is 15.1. The van der Waals surface area contributed by atoms with Crippen LogP contribution in [0.2, 0.25) is 5.02 Å². The molecule has 0 atom stereocenters. The monoisotopic (exact) mass is 325 g/mol. The molecular formula is C15H16ClNO3S. The van der Waals surface area contributed by atoms with Gasteiger partial charge in [-0.3, -0.25) is 14.9 Å². The number of carbonyl (C=O) groups excluding carboxylic acids is 2. The quantitative estimate of drug-likeness (QED) is 0.604. The number of ether oxygens (including phenoxy) is 1. The van der Waals surface area contributed by atoms with Gasteiger partial charge >= 0.3 is 0 Å². The van der Waals surface area contributed by atoms with Crippen molar-refractivity contribution in [3.05, 3.63) is 40.3 Å². The Bertz CT molecular complexity index is 542. The van der Waals surface area contributed by atoms with E-state index in [1.54, 1.807) is 12.1 Å². The summed E-state index contributed by atoms with van der Waals surface area (Å²) in [4.78, 5) is 22.8. The lowest BCUT2D eigenvalue weighted by Crippen LogP contribution is -2.17. The second kappa shape index (κ2) is 8.10. The third kappa shape index (κ3) is 5.44. The Balaban J connectivity index is 1.56. The summed E-state index contributed by atoms with van der Waals surface area (Å²) >= 11 is 6.76. The van der Waals surface area contributed by atoms with Crippen molar-refractivity contribution in [1.29, 1.82) is 0 Å². The van der Waals surface area contributed by atoms with Gasteiger partial charge in [-0.25, -0.2) is 0 Å². The summed E-state index contributed by atoms with van der Waals surface area (Å²) in [7, 11) is 0. The summed E-state index contributed by atoms with van der Waals surface area (Å²) in [6, 6.07) is 7.29. The van der Waals surface area contributed by atoms with Crippen LogP contribution in [0.5, 0.6) is 5.75 Å². The number of rotatable bonds is 7. The van der Waals surface area contributed by atoms with E-state index in [1.807, 2.05) is 18.2 Å². The third-order valence-corrected chi connectivity index (χ3v) is 4.01. The summed E-state index contributed by atoms with van der Waals surface area (Å²) in [5, 5.41) is 2.65. The molecule has 1 heterocycles. The predicted octanol–water partition coefficient (Wildman–Crippen LogP) is 4.15. The van der Waals surface area contributed by atoms with Crippen molar-refractivity contribution in [2.75, 3.05) is 6.61 Å². The van der Waals surface area contributed by atoms with E-state index in [0.29, 0.717) is 16.5 Å². The fourth-order valence-corrected chi connectivity index (χ4v) is 2.65. The average Bonchev–Trinajstić information content (AvgIpc) is 2.78. The van der Waals surface area contributed by atoms with Crippen molar-refractivity contribution in [2.45, 2.75) is 25.7 Å². The Labute approximate surface area is 132 Å². The minimum atomic E-state index is -0.289. The number of allylic oxidation sites excluding steroid dienone is 1. The van der Waals surface area contributed by atoms with Crippen LogP contribution in [0, 0.1) is 0 Å². The Morgan fingerprint density at radius 3 is 2.57 bits per heavy atom. The molecule has 112 valence electrons. The molecule has 0 saturated carbocycles. The van der Waals surface area contributed by atoms with Crippen LogP contribution in [-0.2, 0) is 4.79 Å². The second-order valence-electron chi connectivity index (χ2n) is 4.56. The number of unbranched alkanes of at least 4 members (excludes halogenated alkanes) is 3. The van der Waals surface area contributed by atoms with Crippen LogP contribution in [0.25, 0.3) is 0 Å². The number of benzene rings is 1. The highest BCUT2D eigenvalue weighted by atomic mass is 35.5. The molecule has 0 aromatic heterocycles. The molecule has 0 aliphatic carbocycles. The molecular weight excluding hydrogens is 310 g/mol. The molecule has 0 radical (unpaired) electrons. The summed E-state index contributed by atoms with van der Waals surface area (Å²) in [6.45, 7) is 0.659. The maximum atomic E-state index is 11.3. The number of carbonyl (C=O) groups is 2. The lowest BCUT2D eigenvalue weighted by atomic mass is 10.2. The van der Waals surface area contributed by atoms with Gasteiger partial charge < -0.3 is 4.74 Å². The number of halogens is 1. The Morgan fingerprint density at radius 1 is 1.14 bits per heavy atom. The highest BCUT2D eigenvalue weighted by Gasteiger charge is 2.24. The fraction of sp³-hybridized carbons (Fsp3) is 0.333. The van der Waals surface area contributed by atoms with E-state index in [-0.39, 0.29) is 11.1 Å². The largest absolute Gasteiger partial charge is 0.494 e. The van der Waals surface area contributed by atoms with E-state index < -0.39 is 0 Å². The van der Waals surface area contributed by atoms with E-state index in [0.717, 1.165) is 43.2 Å². The van der Waals surface area contributed by atoms with Gasteiger partial charge in [-0.05, 0) is 61.7 Å². The van der Waals surface area contributed by atoms with Crippen LogP contribution in [0.1, 0.15) is 25.7 Å². The molecule has 0 unspecified atom stereocenters. The van der Waals surface area contributed by atoms with Crippen LogP contribution in [-0.4, -0.2) is 17.8 Å². The van der Waals surface area contributed by atoms with Gasteiger partial charge in [0.2, 0.25) is 0 Å². The number of amides is 2. The summed E-state index contributed by atoms with van der Waals surface area (Å²) in [5.74, 6) is 0.537. The molecule has 1 aromatic carbocycles. The zero-order valence-electron chi connectivity index (χ0n) is 11.4. The average molecular weight is 326 g/mol. The van der Waals surface area contributed by atoms with Crippen molar-refractivity contribution >= 4 is 34.5 Å². The first-order chi connectivity index (χ1) is 10.1. The van der Waals surface area contributed by atoms with Crippen LogP contribution in [0.4, 0.5) is 4.79 Å². The first-order valence-corrected chi connectivity index (χ1v) is 7.96. The van der Waals surface area contributed by atoms with E-state index in [1.165, 1.54) is 0 Å². The van der Waals surface area contributed by atoms with Gasteiger partial charge in [0.15, 0.2) is 0 Å². The second-order valence-corrected chi connectivity index (χ2v) is 6.01. The molecule has 6 heteroatoms. The molecule has 1 aromatic rings. The number of hydrogen-bond donors (Lipinski definition) is 1. The lowest BCUT2D eigenvalue weighted by molar-refractivity contribution is -0.115. The SMILES string of the molecule is O=C1NC(=O)C(=CCCCCCOc2ccc(Cl)cc2)S1. The van der Waals surface area contributed by atoms with Gasteiger partial charge in [0, 0.05) is 5.02 Å². The van der Waals surface area contributed by atoms with E-state index in [9.17, 15) is 9.59 Å². The van der Waals surface area contributed by atoms with Crippen molar-refractivity contribution in [2.24, 2.45) is 0 Å². The minimum Gasteiger partial charge on any atom is -0.494 e. The predicted molar refractivity (Wildman–Crippen MR) is 84.6 cm³/mol. The molecule has 1 fully saturated rings. The zero-order valence-corrected chi connectivity index (χ0v) is 13.0. The van der Waals surface area contributed by atoms with Crippen LogP contribution >= 0.6 is 23.4 Å². The van der Waals surface area contributed by atoms with Gasteiger partial charge in [-0.15, -0.1) is 0 Å². The molecule has 1 saturated heterocycles. The first kappa shape index (κ1) is 15.9. The minimum absolute atomic E-state index is 0.281. The first-order valence-electron chi connectivity index (χ1n) is 6.77. The van der Waals surface area contributed by atoms with Gasteiger partial charge in [-0.1, -0.05) is 17.7 Å². The normalized spacial score (nSPS) is 16.3. The van der Waals surface area contributed by atoms with Crippen LogP contribution in [0.3, 0.4) is 0 Å². The molecule has 2 rings (SSSR count). The molecule has 0 bridgehead atoms. The lowest BCUT2D eigenvalue weighted by Gasteiger charge is -2.05. The standard InChI is InChI=1S/C15H16ClNO3S/c16-11-6-8-12(9-7-11)20-10-4-2-1-3-5-13-14(18)17-15(19)21-13/h5-9H,1-4,10H2,(H,17,18,19). The van der Waals surface area contributed by atoms with Gasteiger partial charge in [0.1, 0.15) is 5.75 Å². The van der Waals surface area contributed by atoms with Crippen molar-refractivity contribution < 1.29 is 14.3 Å². The number of hydrogen-bond acceptors (Lipinski definition) is 4. The van der Waals surface area contributed by atoms with Crippen molar-refractivity contribution in [3.63, 3.8) is 0 Å². The van der Waals surface area contributed by atoms with Gasteiger partial charge in [-0.2, -0.15) is 0 Å². The van der Waals surface area contributed by atoms with Crippen molar-refractivity contribution in [3.8, 4) is 5.75 Å². The Morgan fingerprint density at radius 2 is 1.90 bits per heavy atom. The van der Waals surface area contributed by atoms with E-state index >= 15 is 0 Å². The summed E-state index contributed by atoms with van der Waals surface area (Å²) in [5.41, 5.74) is 0. The Hall–Kier alpha value is -1.46. The van der Waals surface area contributed by atoms with Crippen LogP contribution in [0.15, 0.2) is 35.2 Å². The number of nitrogens with one attached hydrogen (secondary N) is 1. The molecule has 21 heavy (non-hydrogen) atoms. The third-order valence-electron chi connectivity index (χ3n) is 2.90. The van der Waals surface area contributed by atoms with Gasteiger partial charge in [0.25, 0.3) is 11.1 Å². The van der Waals surface area contributed by atoms with Gasteiger partial charge in [0.05, 0.1) is 11.5 Å². The maximum absolute atomic E-state index is 11.3. The summed E-state index contributed by atoms with van der Waals surface area (Å²) < 4.78 is 5.59. The fourth-order valence-electron chi connectivity index (χ4n) is 1.84. The van der Waals surface area contributed by atoms with Crippen molar-refractivity contribution in [1.82, 2.24) is 5.32 Å². The molecule has 1 aliphatic rings. The topological polar surface area (TPSA) is 55.4 Å². The smallest absolute Gasteiger partial charge is 0.290 e. The number of thioether (sulfide) groups is 1. The Kier molecular flexibility index (Phi) is 6.14. The highest BCUT2D eigenvalue weighted by Crippen LogP contribution is 2.23. The molecule has 1 aliphatic heterocycles. The highest BCUT2D eigenvalue weighted by molar-refractivity contribution is 8.18. The van der Waals surface area contributed by atoms with E-state index in [2.05, 4.69) is 5.32 Å². The molecule has 0 spiro atoms.